The molecule has 122 valence electrons. The Labute approximate surface area is 136 Å². The fraction of sp³-hybridized carbons (Fsp3) is 0.632. The number of aliphatic hydroxyl groups excluding tert-OH is 1. The standard InChI is InChI=1S/C19H23NO3/c1-9(2)19-15-12-8-11(16(21)17(12)23-19)14(15)18(22)20(19)13-7-5-4-6-10(13)3/h4-7,9,11-12,14-17,21H,8H2,1-3H3/t11-,12-,14-,15+,16+,17+,19-/m1/s1. The number of carbonyl (C=O) groups is 1. The highest BCUT2D eigenvalue weighted by atomic mass is 16.6. The molecule has 4 nitrogen and oxygen atoms in total. The first kappa shape index (κ1) is 14.0. The third kappa shape index (κ3) is 1.35. The first-order valence-corrected chi connectivity index (χ1v) is 8.74. The van der Waals surface area contributed by atoms with Crippen LogP contribution in [-0.4, -0.2) is 28.9 Å². The number of fused-ring (bicyclic) bond motifs is 2. The Morgan fingerprint density at radius 1 is 1.30 bits per heavy atom. The fourth-order valence-corrected chi connectivity index (χ4v) is 6.11. The zero-order chi connectivity index (χ0) is 16.1. The summed E-state index contributed by atoms with van der Waals surface area (Å²) < 4.78 is 6.54. The second kappa shape index (κ2) is 4.17. The quantitative estimate of drug-likeness (QED) is 0.912. The van der Waals surface area contributed by atoms with Crippen LogP contribution in [0.4, 0.5) is 5.69 Å². The van der Waals surface area contributed by atoms with Crippen LogP contribution < -0.4 is 4.90 Å². The Hall–Kier alpha value is -1.39. The molecule has 4 heteroatoms. The molecule has 2 aliphatic carbocycles. The summed E-state index contributed by atoms with van der Waals surface area (Å²) in [4.78, 5) is 15.3. The molecule has 0 radical (unpaired) electrons. The van der Waals surface area contributed by atoms with Crippen LogP contribution in [0.25, 0.3) is 0 Å². The minimum absolute atomic E-state index is 0.0734. The maximum Gasteiger partial charge on any atom is 0.233 e. The smallest absolute Gasteiger partial charge is 0.233 e. The van der Waals surface area contributed by atoms with E-state index in [2.05, 4.69) is 13.8 Å². The molecular weight excluding hydrogens is 290 g/mol. The lowest BCUT2D eigenvalue weighted by molar-refractivity contribution is -0.136. The van der Waals surface area contributed by atoms with Crippen molar-refractivity contribution in [1.29, 1.82) is 0 Å². The van der Waals surface area contributed by atoms with Crippen molar-refractivity contribution < 1.29 is 14.6 Å². The Balaban J connectivity index is 1.73. The number of rotatable bonds is 2. The summed E-state index contributed by atoms with van der Waals surface area (Å²) in [6, 6.07) is 8.06. The lowest BCUT2D eigenvalue weighted by atomic mass is 9.74. The second-order valence-corrected chi connectivity index (χ2v) is 8.05. The van der Waals surface area contributed by atoms with Crippen molar-refractivity contribution in [1.82, 2.24) is 0 Å². The van der Waals surface area contributed by atoms with Crippen molar-refractivity contribution >= 4 is 11.6 Å². The van der Waals surface area contributed by atoms with Gasteiger partial charge in [0.25, 0.3) is 0 Å². The highest BCUT2D eigenvalue weighted by Crippen LogP contribution is 2.69. The lowest BCUT2D eigenvalue weighted by Crippen LogP contribution is -2.54. The van der Waals surface area contributed by atoms with Crippen molar-refractivity contribution in [2.45, 2.75) is 45.1 Å². The van der Waals surface area contributed by atoms with Gasteiger partial charge in [-0.25, -0.2) is 0 Å². The molecule has 7 atom stereocenters. The summed E-state index contributed by atoms with van der Waals surface area (Å²) in [5.41, 5.74) is 1.48. The maximum atomic E-state index is 13.4. The number of nitrogens with zero attached hydrogens (tertiary/aromatic N) is 1. The van der Waals surface area contributed by atoms with E-state index >= 15 is 0 Å². The number of ether oxygens (including phenoxy) is 1. The minimum Gasteiger partial charge on any atom is -0.390 e. The molecule has 1 aromatic carbocycles. The monoisotopic (exact) mass is 313 g/mol. The van der Waals surface area contributed by atoms with Gasteiger partial charge in [0, 0.05) is 17.5 Å². The van der Waals surface area contributed by atoms with E-state index in [-0.39, 0.29) is 35.7 Å². The molecule has 2 heterocycles. The van der Waals surface area contributed by atoms with Gasteiger partial charge in [0.1, 0.15) is 0 Å². The fourth-order valence-electron chi connectivity index (χ4n) is 6.11. The number of benzene rings is 1. The summed E-state index contributed by atoms with van der Waals surface area (Å²) in [5.74, 6) is 0.918. The summed E-state index contributed by atoms with van der Waals surface area (Å²) >= 11 is 0. The van der Waals surface area contributed by atoms with E-state index in [1.807, 2.05) is 36.1 Å². The van der Waals surface area contributed by atoms with Gasteiger partial charge < -0.3 is 9.84 Å². The lowest BCUT2D eigenvalue weighted by Gasteiger charge is -2.42. The average Bonchev–Trinajstić information content (AvgIpc) is 3.16. The van der Waals surface area contributed by atoms with Gasteiger partial charge in [-0.3, -0.25) is 9.69 Å². The predicted molar refractivity (Wildman–Crippen MR) is 85.7 cm³/mol. The minimum atomic E-state index is -0.588. The van der Waals surface area contributed by atoms with Crippen molar-refractivity contribution in [3.63, 3.8) is 0 Å². The average molecular weight is 313 g/mol. The van der Waals surface area contributed by atoms with Crippen molar-refractivity contribution in [2.75, 3.05) is 4.90 Å². The molecular formula is C19H23NO3. The van der Waals surface area contributed by atoms with E-state index < -0.39 is 11.8 Å². The Morgan fingerprint density at radius 2 is 2.04 bits per heavy atom. The molecule has 5 rings (SSSR count). The number of aliphatic hydroxyl groups is 1. The van der Waals surface area contributed by atoms with Crippen LogP contribution >= 0.6 is 0 Å². The van der Waals surface area contributed by atoms with Crippen LogP contribution in [0.1, 0.15) is 25.8 Å². The number of para-hydroxylation sites is 1. The van der Waals surface area contributed by atoms with Crippen molar-refractivity contribution in [3.05, 3.63) is 29.8 Å². The third-order valence-corrected chi connectivity index (χ3v) is 6.89. The highest BCUT2D eigenvalue weighted by Gasteiger charge is 2.79. The largest absolute Gasteiger partial charge is 0.390 e. The zero-order valence-corrected chi connectivity index (χ0v) is 13.8. The number of hydrogen-bond donors (Lipinski definition) is 1. The third-order valence-electron chi connectivity index (χ3n) is 6.89. The molecule has 2 saturated heterocycles. The van der Waals surface area contributed by atoms with Crippen LogP contribution in [-0.2, 0) is 9.53 Å². The molecule has 0 aromatic heterocycles. The van der Waals surface area contributed by atoms with Gasteiger partial charge in [-0.2, -0.15) is 0 Å². The van der Waals surface area contributed by atoms with E-state index in [4.69, 9.17) is 4.74 Å². The molecule has 1 amide bonds. The number of aryl methyl sites for hydroxylation is 1. The van der Waals surface area contributed by atoms with E-state index in [0.29, 0.717) is 5.92 Å². The molecule has 2 saturated carbocycles. The Bertz CT molecular complexity index is 702. The molecule has 1 aromatic rings. The number of amides is 1. The summed E-state index contributed by atoms with van der Waals surface area (Å²) in [6.45, 7) is 6.34. The van der Waals surface area contributed by atoms with Gasteiger partial charge in [0.2, 0.25) is 5.91 Å². The summed E-state index contributed by atoms with van der Waals surface area (Å²) in [6.07, 6.45) is 0.385. The number of hydrogen-bond acceptors (Lipinski definition) is 3. The van der Waals surface area contributed by atoms with Crippen LogP contribution in [0.3, 0.4) is 0 Å². The van der Waals surface area contributed by atoms with Crippen molar-refractivity contribution in [3.8, 4) is 0 Å². The number of anilines is 1. The van der Waals surface area contributed by atoms with Gasteiger partial charge >= 0.3 is 0 Å². The summed E-state index contributed by atoms with van der Waals surface area (Å²) in [5, 5.41) is 10.6. The van der Waals surface area contributed by atoms with Crippen molar-refractivity contribution in [2.24, 2.45) is 29.6 Å². The van der Waals surface area contributed by atoms with E-state index in [0.717, 1.165) is 17.7 Å². The van der Waals surface area contributed by atoms with E-state index in [1.54, 1.807) is 0 Å². The second-order valence-electron chi connectivity index (χ2n) is 8.05. The van der Waals surface area contributed by atoms with Gasteiger partial charge in [-0.15, -0.1) is 0 Å². The molecule has 4 fully saturated rings. The SMILES string of the molecule is Cc1ccccc1N1C(=O)[C@@H]2[C@H]3C[C@H]4[C@H](O[C@]1(C(C)C)[C@@H]42)[C@H]3O. The van der Waals surface area contributed by atoms with Gasteiger partial charge in [0.15, 0.2) is 5.72 Å². The molecule has 4 aliphatic rings. The van der Waals surface area contributed by atoms with E-state index in [9.17, 15) is 9.90 Å². The number of carbonyl (C=O) groups excluding carboxylic acids is 1. The van der Waals surface area contributed by atoms with Crippen LogP contribution in [0.5, 0.6) is 0 Å². The van der Waals surface area contributed by atoms with Gasteiger partial charge in [-0.05, 0) is 36.8 Å². The first-order valence-electron chi connectivity index (χ1n) is 8.74. The molecule has 2 bridgehead atoms. The van der Waals surface area contributed by atoms with Crippen LogP contribution in [0, 0.1) is 36.5 Å². The topological polar surface area (TPSA) is 49.8 Å². The molecule has 1 N–H and O–H groups in total. The highest BCUT2D eigenvalue weighted by molar-refractivity contribution is 6.01. The molecule has 2 aliphatic heterocycles. The molecule has 0 spiro atoms. The van der Waals surface area contributed by atoms with Gasteiger partial charge in [-0.1, -0.05) is 32.0 Å². The maximum absolute atomic E-state index is 13.4. The Kier molecular flexibility index (Phi) is 2.54. The Morgan fingerprint density at radius 3 is 2.74 bits per heavy atom. The normalized spacial score (nSPS) is 46.5. The molecule has 23 heavy (non-hydrogen) atoms. The predicted octanol–water partition coefficient (Wildman–Crippen LogP) is 2.34. The summed E-state index contributed by atoms with van der Waals surface area (Å²) in [7, 11) is 0. The first-order chi connectivity index (χ1) is 11.0. The van der Waals surface area contributed by atoms with Gasteiger partial charge in [0.05, 0.1) is 18.1 Å². The van der Waals surface area contributed by atoms with Crippen LogP contribution in [0.2, 0.25) is 0 Å². The van der Waals surface area contributed by atoms with E-state index in [1.165, 1.54) is 0 Å². The van der Waals surface area contributed by atoms with Crippen LogP contribution in [0.15, 0.2) is 24.3 Å². The molecule has 0 unspecified atom stereocenters. The zero-order valence-electron chi connectivity index (χ0n) is 13.8.